The monoisotopic (exact) mass is 350 g/mol. The predicted molar refractivity (Wildman–Crippen MR) is 98.7 cm³/mol. The lowest BCUT2D eigenvalue weighted by Crippen LogP contribution is -2.43. The Balaban J connectivity index is 1.39. The highest BCUT2D eigenvalue weighted by Crippen LogP contribution is 2.22. The number of aromatic nitrogens is 4. The molecule has 4 rings (SSSR count). The van der Waals surface area contributed by atoms with Crippen molar-refractivity contribution in [2.75, 3.05) is 18.0 Å². The van der Waals surface area contributed by atoms with E-state index in [-0.39, 0.29) is 11.8 Å². The Labute approximate surface area is 152 Å². The number of fused-ring (bicyclic) bond motifs is 1. The van der Waals surface area contributed by atoms with Crippen LogP contribution in [0.3, 0.4) is 0 Å². The first-order valence-corrected chi connectivity index (χ1v) is 8.94. The number of aryl methyl sites for hydroxylation is 1. The standard InChI is InChI=1S/C19H22N6O/c1-14-4-6-15(7-5-14)11-20-19(26)16-3-2-10-24(12-16)18-9-8-17-22-21-13-25(17)23-18/h4-9,13,16H,2-3,10-12H2,1H3,(H,20,26)/t16-/m1/s1. The molecule has 1 aliphatic heterocycles. The van der Waals surface area contributed by atoms with Crippen molar-refractivity contribution in [1.29, 1.82) is 0 Å². The summed E-state index contributed by atoms with van der Waals surface area (Å²) in [5, 5.41) is 15.4. The average molecular weight is 350 g/mol. The van der Waals surface area contributed by atoms with Crippen LogP contribution in [0.2, 0.25) is 0 Å². The van der Waals surface area contributed by atoms with Gasteiger partial charge in [-0.1, -0.05) is 29.8 Å². The van der Waals surface area contributed by atoms with Gasteiger partial charge in [-0.25, -0.2) is 0 Å². The first kappa shape index (κ1) is 16.5. The summed E-state index contributed by atoms with van der Waals surface area (Å²) < 4.78 is 1.66. The Bertz CT molecular complexity index is 904. The quantitative estimate of drug-likeness (QED) is 0.778. The van der Waals surface area contributed by atoms with Gasteiger partial charge in [0.15, 0.2) is 5.65 Å². The molecule has 1 fully saturated rings. The molecule has 3 heterocycles. The van der Waals surface area contributed by atoms with Crippen molar-refractivity contribution in [3.8, 4) is 0 Å². The van der Waals surface area contributed by atoms with Gasteiger partial charge in [-0.3, -0.25) is 4.79 Å². The molecule has 26 heavy (non-hydrogen) atoms. The van der Waals surface area contributed by atoms with E-state index in [4.69, 9.17) is 0 Å². The molecule has 1 aliphatic rings. The van der Waals surface area contributed by atoms with Gasteiger partial charge in [0.1, 0.15) is 12.1 Å². The van der Waals surface area contributed by atoms with Crippen LogP contribution in [0.15, 0.2) is 42.7 Å². The van der Waals surface area contributed by atoms with E-state index in [0.717, 1.165) is 36.4 Å². The van der Waals surface area contributed by atoms with Gasteiger partial charge < -0.3 is 10.2 Å². The number of amides is 1. The molecule has 1 amide bonds. The van der Waals surface area contributed by atoms with E-state index in [1.165, 1.54) is 5.56 Å². The minimum Gasteiger partial charge on any atom is -0.354 e. The minimum atomic E-state index is -0.0207. The van der Waals surface area contributed by atoms with Crippen LogP contribution >= 0.6 is 0 Å². The number of rotatable bonds is 4. The molecule has 1 aromatic carbocycles. The number of carbonyl (C=O) groups excluding carboxylic acids is 1. The normalized spacial score (nSPS) is 17.4. The molecular formula is C19H22N6O. The van der Waals surface area contributed by atoms with E-state index < -0.39 is 0 Å². The topological polar surface area (TPSA) is 75.4 Å². The third kappa shape index (κ3) is 3.51. The predicted octanol–water partition coefficient (Wildman–Crippen LogP) is 1.97. The highest BCUT2D eigenvalue weighted by molar-refractivity contribution is 5.79. The fourth-order valence-corrected chi connectivity index (χ4v) is 3.33. The number of hydrogen-bond donors (Lipinski definition) is 1. The van der Waals surface area contributed by atoms with Crippen LogP contribution in [0.5, 0.6) is 0 Å². The van der Waals surface area contributed by atoms with Gasteiger partial charge in [0.05, 0.1) is 5.92 Å². The molecule has 134 valence electrons. The molecule has 7 nitrogen and oxygen atoms in total. The number of nitrogens with zero attached hydrogens (tertiary/aromatic N) is 5. The van der Waals surface area contributed by atoms with Gasteiger partial charge in [0.2, 0.25) is 5.91 Å². The largest absolute Gasteiger partial charge is 0.354 e. The summed E-state index contributed by atoms with van der Waals surface area (Å²) in [6, 6.07) is 12.1. The molecule has 3 aromatic rings. The van der Waals surface area contributed by atoms with E-state index in [9.17, 15) is 4.79 Å². The Morgan fingerprint density at radius 2 is 2.08 bits per heavy atom. The zero-order chi connectivity index (χ0) is 17.9. The van der Waals surface area contributed by atoms with Crippen LogP contribution in [0.4, 0.5) is 5.82 Å². The SMILES string of the molecule is Cc1ccc(CNC(=O)[C@@H]2CCCN(c3ccc4nncn4n3)C2)cc1. The van der Waals surface area contributed by atoms with Gasteiger partial charge in [0, 0.05) is 19.6 Å². The van der Waals surface area contributed by atoms with Gasteiger partial charge in [-0.2, -0.15) is 4.52 Å². The Kier molecular flexibility index (Phi) is 4.51. The average Bonchev–Trinajstić information content (AvgIpc) is 3.15. The second kappa shape index (κ2) is 7.11. The van der Waals surface area contributed by atoms with E-state index >= 15 is 0 Å². The fraction of sp³-hybridized carbons (Fsp3) is 0.368. The summed E-state index contributed by atoms with van der Waals surface area (Å²) in [7, 11) is 0. The number of piperidine rings is 1. The van der Waals surface area contributed by atoms with Crippen LogP contribution in [0.1, 0.15) is 24.0 Å². The van der Waals surface area contributed by atoms with Crippen molar-refractivity contribution >= 4 is 17.4 Å². The third-order valence-corrected chi connectivity index (χ3v) is 4.85. The summed E-state index contributed by atoms with van der Waals surface area (Å²) in [6.07, 6.45) is 3.48. The van der Waals surface area contributed by atoms with Crippen LogP contribution < -0.4 is 10.2 Å². The van der Waals surface area contributed by atoms with Gasteiger partial charge >= 0.3 is 0 Å². The molecule has 1 N–H and O–H groups in total. The number of carbonyl (C=O) groups is 1. The maximum absolute atomic E-state index is 12.6. The summed E-state index contributed by atoms with van der Waals surface area (Å²) >= 11 is 0. The zero-order valence-electron chi connectivity index (χ0n) is 14.8. The molecule has 0 saturated carbocycles. The summed E-state index contributed by atoms with van der Waals surface area (Å²) in [5.74, 6) is 0.946. The molecule has 0 aliphatic carbocycles. The van der Waals surface area contributed by atoms with E-state index in [1.807, 2.05) is 12.1 Å². The van der Waals surface area contributed by atoms with E-state index in [0.29, 0.717) is 13.1 Å². The molecule has 7 heteroatoms. The van der Waals surface area contributed by atoms with Crippen LogP contribution in [-0.2, 0) is 11.3 Å². The van der Waals surface area contributed by atoms with Crippen molar-refractivity contribution in [3.63, 3.8) is 0 Å². The van der Waals surface area contributed by atoms with Crippen molar-refractivity contribution in [1.82, 2.24) is 25.1 Å². The van der Waals surface area contributed by atoms with Gasteiger partial charge in [-0.05, 0) is 37.5 Å². The lowest BCUT2D eigenvalue weighted by atomic mass is 9.97. The molecule has 0 bridgehead atoms. The lowest BCUT2D eigenvalue weighted by molar-refractivity contribution is -0.125. The zero-order valence-corrected chi connectivity index (χ0v) is 14.8. The van der Waals surface area contributed by atoms with E-state index in [2.05, 4.69) is 56.7 Å². The van der Waals surface area contributed by atoms with E-state index in [1.54, 1.807) is 10.8 Å². The van der Waals surface area contributed by atoms with Crippen molar-refractivity contribution in [2.45, 2.75) is 26.3 Å². The molecular weight excluding hydrogens is 328 g/mol. The lowest BCUT2D eigenvalue weighted by Gasteiger charge is -2.32. The Hall–Kier alpha value is -2.96. The van der Waals surface area contributed by atoms with Crippen LogP contribution in [-0.4, -0.2) is 38.8 Å². The molecule has 2 aromatic heterocycles. The Morgan fingerprint density at radius 1 is 1.23 bits per heavy atom. The number of nitrogens with one attached hydrogen (secondary N) is 1. The van der Waals surface area contributed by atoms with Crippen molar-refractivity contribution in [3.05, 3.63) is 53.9 Å². The van der Waals surface area contributed by atoms with Crippen molar-refractivity contribution < 1.29 is 4.79 Å². The number of anilines is 1. The molecule has 0 radical (unpaired) electrons. The maximum atomic E-state index is 12.6. The second-order valence-corrected chi connectivity index (χ2v) is 6.81. The first-order valence-electron chi connectivity index (χ1n) is 8.94. The maximum Gasteiger partial charge on any atom is 0.225 e. The summed E-state index contributed by atoms with van der Waals surface area (Å²) in [5.41, 5.74) is 3.06. The molecule has 0 unspecified atom stereocenters. The number of hydrogen-bond acceptors (Lipinski definition) is 5. The molecule has 1 saturated heterocycles. The van der Waals surface area contributed by atoms with Gasteiger partial charge in [-0.15, -0.1) is 15.3 Å². The van der Waals surface area contributed by atoms with Crippen LogP contribution in [0, 0.1) is 12.8 Å². The molecule has 1 atom stereocenters. The smallest absolute Gasteiger partial charge is 0.225 e. The van der Waals surface area contributed by atoms with Gasteiger partial charge in [0.25, 0.3) is 0 Å². The molecule has 0 spiro atoms. The fourth-order valence-electron chi connectivity index (χ4n) is 3.33. The highest BCUT2D eigenvalue weighted by Gasteiger charge is 2.26. The third-order valence-electron chi connectivity index (χ3n) is 4.85. The second-order valence-electron chi connectivity index (χ2n) is 6.81. The minimum absolute atomic E-state index is 0.0207. The Morgan fingerprint density at radius 3 is 2.92 bits per heavy atom. The summed E-state index contributed by atoms with van der Waals surface area (Å²) in [6.45, 7) is 4.22. The first-order chi connectivity index (χ1) is 12.7. The summed E-state index contributed by atoms with van der Waals surface area (Å²) in [4.78, 5) is 14.8. The van der Waals surface area contributed by atoms with Crippen molar-refractivity contribution in [2.24, 2.45) is 5.92 Å². The van der Waals surface area contributed by atoms with Crippen LogP contribution in [0.25, 0.3) is 5.65 Å². The highest BCUT2D eigenvalue weighted by atomic mass is 16.1. The number of benzene rings is 1.